The van der Waals surface area contributed by atoms with Crippen molar-refractivity contribution in [1.82, 2.24) is 0 Å². The first-order chi connectivity index (χ1) is 4.68. The first-order valence-electron chi connectivity index (χ1n) is 2.58. The molecular formula is C6H8N2O2. The number of carbonyl (C=O) groups is 1. The molecule has 0 aromatic carbocycles. The molecule has 0 fully saturated rings. The van der Waals surface area contributed by atoms with Crippen molar-refractivity contribution in [3.63, 3.8) is 0 Å². The number of nitriles is 2. The molecule has 0 radical (unpaired) electrons. The highest BCUT2D eigenvalue weighted by Crippen LogP contribution is 1.82. The van der Waals surface area contributed by atoms with Gasteiger partial charge in [-0.25, -0.2) is 0 Å². The van der Waals surface area contributed by atoms with E-state index >= 15 is 0 Å². The highest BCUT2D eigenvalue weighted by molar-refractivity contribution is 5.66. The van der Waals surface area contributed by atoms with Crippen LogP contribution in [0.15, 0.2) is 0 Å². The second-order valence-electron chi connectivity index (χ2n) is 1.28. The Balaban J connectivity index is 0. The molecule has 54 valence electrons. The van der Waals surface area contributed by atoms with E-state index in [9.17, 15) is 4.79 Å². The van der Waals surface area contributed by atoms with Gasteiger partial charge in [-0.1, -0.05) is 0 Å². The fourth-order valence-electron chi connectivity index (χ4n) is 0.163. The molecule has 0 aromatic heterocycles. The summed E-state index contributed by atoms with van der Waals surface area (Å²) < 4.78 is 0. The SMILES string of the molecule is CC#N.N#CCCC(=O)O. The summed E-state index contributed by atoms with van der Waals surface area (Å²) in [6, 6.07) is 3.47. The summed E-state index contributed by atoms with van der Waals surface area (Å²) in [6.45, 7) is 1.43. The molecule has 0 amide bonds. The summed E-state index contributed by atoms with van der Waals surface area (Å²) in [5, 5.41) is 23.0. The zero-order chi connectivity index (χ0) is 8.41. The van der Waals surface area contributed by atoms with Gasteiger partial charge in [0.15, 0.2) is 0 Å². The predicted octanol–water partition coefficient (Wildman–Crippen LogP) is 0.905. The van der Waals surface area contributed by atoms with Crippen LogP contribution in [-0.2, 0) is 4.79 Å². The van der Waals surface area contributed by atoms with E-state index in [1.54, 1.807) is 12.1 Å². The lowest BCUT2D eigenvalue weighted by Gasteiger charge is -1.78. The third-order valence-corrected chi connectivity index (χ3v) is 0.451. The maximum absolute atomic E-state index is 9.61. The van der Waals surface area contributed by atoms with Gasteiger partial charge < -0.3 is 5.11 Å². The van der Waals surface area contributed by atoms with Crippen LogP contribution in [0.25, 0.3) is 0 Å². The van der Waals surface area contributed by atoms with E-state index in [4.69, 9.17) is 15.6 Å². The zero-order valence-corrected chi connectivity index (χ0v) is 5.66. The van der Waals surface area contributed by atoms with Crippen LogP contribution in [0.1, 0.15) is 19.8 Å². The highest BCUT2D eigenvalue weighted by atomic mass is 16.4. The molecule has 0 saturated carbocycles. The van der Waals surface area contributed by atoms with E-state index in [1.165, 1.54) is 6.92 Å². The Hall–Kier alpha value is -1.55. The molecule has 0 atom stereocenters. The molecule has 0 aliphatic heterocycles. The number of aliphatic carboxylic acids is 1. The molecule has 0 bridgehead atoms. The molecule has 0 heterocycles. The van der Waals surface area contributed by atoms with Crippen molar-refractivity contribution < 1.29 is 9.90 Å². The fraction of sp³-hybridized carbons (Fsp3) is 0.500. The minimum absolute atomic E-state index is 0.0451. The smallest absolute Gasteiger partial charge is 0.304 e. The number of carboxylic acid groups (broad SMARTS) is 1. The molecule has 0 unspecified atom stereocenters. The number of nitrogens with zero attached hydrogens (tertiary/aromatic N) is 2. The molecule has 0 spiro atoms. The molecule has 0 saturated heterocycles. The normalized spacial score (nSPS) is 5.90. The third-order valence-electron chi connectivity index (χ3n) is 0.451. The zero-order valence-electron chi connectivity index (χ0n) is 5.66. The van der Waals surface area contributed by atoms with Gasteiger partial charge >= 0.3 is 5.97 Å². The Labute approximate surface area is 59.3 Å². The third kappa shape index (κ3) is 31.9. The molecule has 10 heavy (non-hydrogen) atoms. The highest BCUT2D eigenvalue weighted by Gasteiger charge is 1.91. The Morgan fingerprint density at radius 1 is 1.60 bits per heavy atom. The van der Waals surface area contributed by atoms with Crippen molar-refractivity contribution in [3.8, 4) is 12.1 Å². The standard InChI is InChI=1S/C4H5NO2.C2H3N/c5-3-1-2-4(6)7;1-2-3/h1-2H2,(H,6,7);1H3. The number of carboxylic acids is 1. The second-order valence-corrected chi connectivity index (χ2v) is 1.28. The van der Waals surface area contributed by atoms with Crippen LogP contribution in [-0.4, -0.2) is 11.1 Å². The van der Waals surface area contributed by atoms with Crippen molar-refractivity contribution >= 4 is 5.97 Å². The molecule has 0 aromatic rings. The van der Waals surface area contributed by atoms with Gasteiger partial charge in [-0.2, -0.15) is 10.5 Å². The van der Waals surface area contributed by atoms with E-state index in [1.807, 2.05) is 0 Å². The maximum Gasteiger partial charge on any atom is 0.304 e. The summed E-state index contributed by atoms with van der Waals surface area (Å²) in [6.07, 6.45) is 0.0613. The Morgan fingerprint density at radius 2 is 2.00 bits per heavy atom. The second kappa shape index (κ2) is 10.4. The van der Waals surface area contributed by atoms with E-state index in [-0.39, 0.29) is 12.8 Å². The molecule has 1 N–H and O–H groups in total. The average molecular weight is 140 g/mol. The van der Waals surface area contributed by atoms with E-state index in [2.05, 4.69) is 0 Å². The largest absolute Gasteiger partial charge is 0.481 e. The summed E-state index contributed by atoms with van der Waals surface area (Å²) >= 11 is 0. The monoisotopic (exact) mass is 140 g/mol. The molecular weight excluding hydrogens is 132 g/mol. The summed E-state index contributed by atoms with van der Waals surface area (Å²) in [5.41, 5.74) is 0. The van der Waals surface area contributed by atoms with E-state index < -0.39 is 5.97 Å². The van der Waals surface area contributed by atoms with Crippen LogP contribution in [0, 0.1) is 22.7 Å². The quantitative estimate of drug-likeness (QED) is 0.617. The number of hydrogen-bond donors (Lipinski definition) is 1. The van der Waals surface area contributed by atoms with Gasteiger partial charge in [0.2, 0.25) is 0 Å². The molecule has 0 rings (SSSR count). The van der Waals surface area contributed by atoms with Crippen LogP contribution >= 0.6 is 0 Å². The van der Waals surface area contributed by atoms with Crippen LogP contribution in [0.4, 0.5) is 0 Å². The van der Waals surface area contributed by atoms with Gasteiger partial charge in [-0.3, -0.25) is 4.79 Å². The van der Waals surface area contributed by atoms with Crippen molar-refractivity contribution in [1.29, 1.82) is 10.5 Å². The molecule has 4 nitrogen and oxygen atoms in total. The van der Waals surface area contributed by atoms with Crippen LogP contribution in [0.2, 0.25) is 0 Å². The number of hydrogen-bond acceptors (Lipinski definition) is 3. The molecule has 0 aliphatic carbocycles. The van der Waals surface area contributed by atoms with E-state index in [0.29, 0.717) is 0 Å². The van der Waals surface area contributed by atoms with Crippen molar-refractivity contribution in [3.05, 3.63) is 0 Å². The average Bonchev–Trinajstić information content (AvgIpc) is 1.85. The number of rotatable bonds is 2. The summed E-state index contributed by atoms with van der Waals surface area (Å²) in [4.78, 5) is 9.61. The first-order valence-corrected chi connectivity index (χ1v) is 2.58. The fourth-order valence-corrected chi connectivity index (χ4v) is 0.163. The van der Waals surface area contributed by atoms with Crippen molar-refractivity contribution in [2.45, 2.75) is 19.8 Å². The van der Waals surface area contributed by atoms with Gasteiger partial charge in [0.25, 0.3) is 0 Å². The van der Waals surface area contributed by atoms with Gasteiger partial charge in [0.1, 0.15) is 0 Å². The lowest BCUT2D eigenvalue weighted by Crippen LogP contribution is -1.91. The molecule has 4 heteroatoms. The summed E-state index contributed by atoms with van der Waals surface area (Å²) in [5.74, 6) is -0.915. The predicted molar refractivity (Wildman–Crippen MR) is 33.8 cm³/mol. The lowest BCUT2D eigenvalue weighted by atomic mass is 10.3. The van der Waals surface area contributed by atoms with Crippen LogP contribution in [0.3, 0.4) is 0 Å². The van der Waals surface area contributed by atoms with Crippen molar-refractivity contribution in [2.75, 3.05) is 0 Å². The van der Waals surface area contributed by atoms with Crippen molar-refractivity contribution in [2.24, 2.45) is 0 Å². The minimum Gasteiger partial charge on any atom is -0.481 e. The van der Waals surface area contributed by atoms with Gasteiger partial charge in [0.05, 0.1) is 18.6 Å². The molecule has 0 aliphatic rings. The van der Waals surface area contributed by atoms with Crippen LogP contribution in [0.5, 0.6) is 0 Å². The maximum atomic E-state index is 9.61. The Kier molecular flexibility index (Phi) is 11.8. The van der Waals surface area contributed by atoms with E-state index in [0.717, 1.165) is 0 Å². The summed E-state index contributed by atoms with van der Waals surface area (Å²) in [7, 11) is 0. The Bertz CT molecular complexity index is 164. The topological polar surface area (TPSA) is 84.9 Å². The van der Waals surface area contributed by atoms with Crippen LogP contribution < -0.4 is 0 Å². The van der Waals surface area contributed by atoms with Gasteiger partial charge in [-0.05, 0) is 0 Å². The van der Waals surface area contributed by atoms with Gasteiger partial charge in [-0.15, -0.1) is 0 Å². The lowest BCUT2D eigenvalue weighted by molar-refractivity contribution is -0.136. The Morgan fingerprint density at radius 3 is 2.10 bits per heavy atom. The first kappa shape index (κ1) is 11.3. The van der Waals surface area contributed by atoms with Gasteiger partial charge in [0, 0.05) is 13.3 Å². The minimum atomic E-state index is -0.915.